The van der Waals surface area contributed by atoms with Crippen LogP contribution >= 0.6 is 27.5 Å². The molecule has 1 aliphatic rings. The zero-order valence-corrected chi connectivity index (χ0v) is 16.5. The van der Waals surface area contributed by atoms with E-state index in [0.717, 1.165) is 10.0 Å². The fourth-order valence-electron chi connectivity index (χ4n) is 2.44. The first-order valence-electron chi connectivity index (χ1n) is 7.71. The summed E-state index contributed by atoms with van der Waals surface area (Å²) in [6.45, 7) is 1.86. The Morgan fingerprint density at radius 1 is 1.12 bits per heavy atom. The van der Waals surface area contributed by atoms with E-state index in [4.69, 9.17) is 21.1 Å². The Bertz CT molecular complexity index is 836. The first-order chi connectivity index (χ1) is 12.0. The fraction of sp³-hybridized carbons (Fsp3) is 0.294. The standard InChI is InChI=1S/C17H17BrClNO4S/c18-14-3-1-13(2-4-14)12-24-17-6-5-15(11-16(17)19)25(21,22)20-7-9-23-10-8-20/h1-6,11H,7-10,12H2. The normalized spacial score (nSPS) is 15.9. The Labute approximate surface area is 160 Å². The lowest BCUT2D eigenvalue weighted by Gasteiger charge is -2.26. The van der Waals surface area contributed by atoms with Crippen molar-refractivity contribution in [3.8, 4) is 5.75 Å². The smallest absolute Gasteiger partial charge is 0.243 e. The third kappa shape index (κ3) is 4.54. The number of benzene rings is 2. The summed E-state index contributed by atoms with van der Waals surface area (Å²) in [5.41, 5.74) is 0.990. The predicted molar refractivity (Wildman–Crippen MR) is 99.5 cm³/mol. The minimum absolute atomic E-state index is 0.162. The van der Waals surface area contributed by atoms with E-state index in [-0.39, 0.29) is 9.92 Å². The van der Waals surface area contributed by atoms with Crippen molar-refractivity contribution in [1.82, 2.24) is 4.31 Å². The van der Waals surface area contributed by atoms with Gasteiger partial charge in [0, 0.05) is 17.6 Å². The minimum atomic E-state index is -3.57. The van der Waals surface area contributed by atoms with Gasteiger partial charge in [0.1, 0.15) is 12.4 Å². The first kappa shape index (κ1) is 18.7. The van der Waals surface area contributed by atoms with Crippen molar-refractivity contribution in [2.45, 2.75) is 11.5 Å². The monoisotopic (exact) mass is 445 g/mol. The van der Waals surface area contributed by atoms with E-state index >= 15 is 0 Å². The molecule has 2 aromatic carbocycles. The van der Waals surface area contributed by atoms with Crippen LogP contribution in [-0.2, 0) is 21.4 Å². The van der Waals surface area contributed by atoms with Crippen LogP contribution in [0.15, 0.2) is 51.8 Å². The third-order valence-electron chi connectivity index (χ3n) is 3.82. The summed E-state index contributed by atoms with van der Waals surface area (Å²) in [7, 11) is -3.57. The van der Waals surface area contributed by atoms with Gasteiger partial charge >= 0.3 is 0 Å². The maximum Gasteiger partial charge on any atom is 0.243 e. The molecule has 1 saturated heterocycles. The van der Waals surface area contributed by atoms with Gasteiger partial charge in [-0.05, 0) is 35.9 Å². The van der Waals surface area contributed by atoms with E-state index in [2.05, 4.69) is 15.9 Å². The molecular formula is C17H17BrClNO4S. The van der Waals surface area contributed by atoms with Crippen LogP contribution in [0.2, 0.25) is 5.02 Å². The van der Waals surface area contributed by atoms with Gasteiger partial charge in [-0.25, -0.2) is 8.42 Å². The van der Waals surface area contributed by atoms with Crippen LogP contribution in [0.1, 0.15) is 5.56 Å². The molecule has 0 aliphatic carbocycles. The largest absolute Gasteiger partial charge is 0.487 e. The molecule has 0 spiro atoms. The van der Waals surface area contributed by atoms with Crippen LogP contribution in [0, 0.1) is 0 Å². The predicted octanol–water partition coefficient (Wildman–Crippen LogP) is 3.70. The van der Waals surface area contributed by atoms with Gasteiger partial charge < -0.3 is 9.47 Å². The van der Waals surface area contributed by atoms with Crippen LogP contribution in [0.3, 0.4) is 0 Å². The van der Waals surface area contributed by atoms with E-state index in [1.807, 2.05) is 24.3 Å². The van der Waals surface area contributed by atoms with E-state index in [1.165, 1.54) is 16.4 Å². The van der Waals surface area contributed by atoms with Gasteiger partial charge in [-0.15, -0.1) is 0 Å². The van der Waals surface area contributed by atoms with Crippen LogP contribution in [0.5, 0.6) is 5.75 Å². The Kier molecular flexibility index (Phi) is 6.01. The lowest BCUT2D eigenvalue weighted by Crippen LogP contribution is -2.40. The SMILES string of the molecule is O=S(=O)(c1ccc(OCc2ccc(Br)cc2)c(Cl)c1)N1CCOCC1. The number of halogens is 2. The number of sulfonamides is 1. The van der Waals surface area contributed by atoms with Crippen molar-refractivity contribution >= 4 is 37.6 Å². The van der Waals surface area contributed by atoms with E-state index in [1.54, 1.807) is 6.07 Å². The van der Waals surface area contributed by atoms with Crippen molar-refractivity contribution in [1.29, 1.82) is 0 Å². The van der Waals surface area contributed by atoms with Gasteiger partial charge in [-0.1, -0.05) is 39.7 Å². The number of nitrogens with zero attached hydrogens (tertiary/aromatic N) is 1. The van der Waals surface area contributed by atoms with Crippen molar-refractivity contribution in [2.75, 3.05) is 26.3 Å². The number of ether oxygens (including phenoxy) is 2. The van der Waals surface area contributed by atoms with Gasteiger partial charge in [0.2, 0.25) is 10.0 Å². The first-order valence-corrected chi connectivity index (χ1v) is 10.3. The molecular weight excluding hydrogens is 430 g/mol. The van der Waals surface area contributed by atoms with Crippen molar-refractivity contribution < 1.29 is 17.9 Å². The van der Waals surface area contributed by atoms with Crippen molar-refractivity contribution in [3.05, 3.63) is 57.5 Å². The van der Waals surface area contributed by atoms with Gasteiger partial charge in [0.05, 0.1) is 23.1 Å². The summed E-state index contributed by atoms with van der Waals surface area (Å²) in [5.74, 6) is 0.450. The van der Waals surface area contributed by atoms with Gasteiger partial charge in [-0.3, -0.25) is 0 Å². The zero-order valence-electron chi connectivity index (χ0n) is 13.3. The van der Waals surface area contributed by atoms with Gasteiger partial charge in [0.25, 0.3) is 0 Å². The third-order valence-corrected chi connectivity index (χ3v) is 6.54. The highest BCUT2D eigenvalue weighted by molar-refractivity contribution is 9.10. The molecule has 0 bridgehead atoms. The Balaban J connectivity index is 1.72. The summed E-state index contributed by atoms with van der Waals surface area (Å²) >= 11 is 9.61. The Morgan fingerprint density at radius 2 is 1.80 bits per heavy atom. The summed E-state index contributed by atoms with van der Waals surface area (Å²) in [5, 5.41) is 0.270. The molecule has 0 radical (unpaired) electrons. The Morgan fingerprint density at radius 3 is 2.44 bits per heavy atom. The van der Waals surface area contributed by atoms with Crippen LogP contribution < -0.4 is 4.74 Å². The van der Waals surface area contributed by atoms with E-state index in [0.29, 0.717) is 38.7 Å². The average molecular weight is 447 g/mol. The molecule has 1 aliphatic heterocycles. The second kappa shape index (κ2) is 8.05. The summed E-state index contributed by atoms with van der Waals surface area (Å²) in [6.07, 6.45) is 0. The highest BCUT2D eigenvalue weighted by Gasteiger charge is 2.26. The molecule has 0 N–H and O–H groups in total. The maximum atomic E-state index is 12.6. The molecule has 0 atom stereocenters. The van der Waals surface area contributed by atoms with Crippen LogP contribution in [0.25, 0.3) is 0 Å². The average Bonchev–Trinajstić information content (AvgIpc) is 2.62. The highest BCUT2D eigenvalue weighted by atomic mass is 79.9. The summed E-state index contributed by atoms with van der Waals surface area (Å²) in [4.78, 5) is 0.162. The number of morpholine rings is 1. The fourth-order valence-corrected chi connectivity index (χ4v) is 4.44. The number of rotatable bonds is 5. The molecule has 0 aromatic heterocycles. The maximum absolute atomic E-state index is 12.6. The topological polar surface area (TPSA) is 55.8 Å². The van der Waals surface area contributed by atoms with Crippen LogP contribution in [0.4, 0.5) is 0 Å². The molecule has 0 saturated carbocycles. The molecule has 0 unspecified atom stereocenters. The highest BCUT2D eigenvalue weighted by Crippen LogP contribution is 2.29. The summed E-state index contributed by atoms with van der Waals surface area (Å²) < 4.78 is 38.6. The molecule has 1 fully saturated rings. The molecule has 0 amide bonds. The van der Waals surface area contributed by atoms with E-state index in [9.17, 15) is 8.42 Å². The molecule has 5 nitrogen and oxygen atoms in total. The quantitative estimate of drug-likeness (QED) is 0.703. The summed E-state index contributed by atoms with van der Waals surface area (Å²) in [6, 6.07) is 12.3. The van der Waals surface area contributed by atoms with Crippen LogP contribution in [-0.4, -0.2) is 39.0 Å². The molecule has 2 aromatic rings. The Hall–Kier alpha value is -1.12. The lowest BCUT2D eigenvalue weighted by atomic mass is 10.2. The second-order valence-corrected chi connectivity index (χ2v) is 8.78. The molecule has 1 heterocycles. The molecule has 25 heavy (non-hydrogen) atoms. The van der Waals surface area contributed by atoms with Crippen molar-refractivity contribution in [3.63, 3.8) is 0 Å². The lowest BCUT2D eigenvalue weighted by molar-refractivity contribution is 0.0730. The van der Waals surface area contributed by atoms with E-state index < -0.39 is 10.0 Å². The van der Waals surface area contributed by atoms with Gasteiger partial charge in [0.15, 0.2) is 0 Å². The number of hydrogen-bond donors (Lipinski definition) is 0. The molecule has 3 rings (SSSR count). The second-order valence-electron chi connectivity index (χ2n) is 5.52. The number of hydrogen-bond acceptors (Lipinski definition) is 4. The zero-order chi connectivity index (χ0) is 17.9. The molecule has 8 heteroatoms. The van der Waals surface area contributed by atoms with Gasteiger partial charge in [-0.2, -0.15) is 4.31 Å². The van der Waals surface area contributed by atoms with Crippen molar-refractivity contribution in [2.24, 2.45) is 0 Å². The molecule has 134 valence electrons. The minimum Gasteiger partial charge on any atom is -0.487 e.